The van der Waals surface area contributed by atoms with E-state index in [1.807, 2.05) is 19.2 Å². The van der Waals surface area contributed by atoms with Gasteiger partial charge in [-0.05, 0) is 37.8 Å². The number of nitrogens with zero attached hydrogens (tertiary/aromatic N) is 1. The van der Waals surface area contributed by atoms with Crippen molar-refractivity contribution in [1.82, 2.24) is 4.98 Å². The zero-order valence-electron chi connectivity index (χ0n) is 8.45. The van der Waals surface area contributed by atoms with Crippen LogP contribution in [0, 0.1) is 6.92 Å². The third-order valence-corrected chi connectivity index (χ3v) is 3.03. The number of aliphatic hydroxyl groups excluding tert-OH is 1. The van der Waals surface area contributed by atoms with E-state index in [1.165, 1.54) is 6.42 Å². The largest absolute Gasteiger partial charge is 0.394 e. The Morgan fingerprint density at radius 2 is 2.36 bits per heavy atom. The van der Waals surface area contributed by atoms with Gasteiger partial charge in [0.1, 0.15) is 0 Å². The van der Waals surface area contributed by atoms with Crippen molar-refractivity contribution in [3.8, 4) is 0 Å². The molecule has 0 atom stereocenters. The molecule has 0 spiro atoms. The lowest BCUT2D eigenvalue weighted by Gasteiger charge is -2.42. The third kappa shape index (κ3) is 1.60. The number of hydrogen-bond acceptors (Lipinski definition) is 3. The molecule has 0 radical (unpaired) electrons. The molecule has 1 saturated carbocycles. The molecule has 1 aromatic rings. The minimum Gasteiger partial charge on any atom is -0.394 e. The highest BCUT2D eigenvalue weighted by Gasteiger charge is 2.36. The molecule has 2 N–H and O–H groups in total. The molecule has 3 heteroatoms. The number of nitrogens with one attached hydrogen (secondary N) is 1. The molecule has 1 aliphatic carbocycles. The van der Waals surface area contributed by atoms with Gasteiger partial charge in [-0.1, -0.05) is 0 Å². The summed E-state index contributed by atoms with van der Waals surface area (Å²) in [6.07, 6.45) is 6.94. The standard InChI is InChI=1S/C11H16N2O/c1-9-7-12-6-3-10(9)13-11(8-14)4-2-5-11/h3,6-7,14H,2,4-5,8H2,1H3,(H,12,13). The van der Waals surface area contributed by atoms with Gasteiger partial charge in [0.05, 0.1) is 12.1 Å². The third-order valence-electron chi connectivity index (χ3n) is 3.03. The molecule has 0 aliphatic heterocycles. The lowest BCUT2D eigenvalue weighted by molar-refractivity contribution is 0.144. The normalized spacial score (nSPS) is 18.7. The summed E-state index contributed by atoms with van der Waals surface area (Å²) in [5.41, 5.74) is 2.16. The number of rotatable bonds is 3. The van der Waals surface area contributed by atoms with Crippen molar-refractivity contribution in [2.75, 3.05) is 11.9 Å². The summed E-state index contributed by atoms with van der Waals surface area (Å²) >= 11 is 0. The molecule has 0 unspecified atom stereocenters. The van der Waals surface area contributed by atoms with Gasteiger partial charge in [0, 0.05) is 18.1 Å². The lowest BCUT2D eigenvalue weighted by atomic mass is 9.77. The van der Waals surface area contributed by atoms with Gasteiger partial charge in [0.25, 0.3) is 0 Å². The molecule has 1 aliphatic rings. The highest BCUT2D eigenvalue weighted by atomic mass is 16.3. The summed E-state index contributed by atoms with van der Waals surface area (Å²) in [5.74, 6) is 0. The highest BCUT2D eigenvalue weighted by Crippen LogP contribution is 2.35. The van der Waals surface area contributed by atoms with E-state index in [1.54, 1.807) is 6.20 Å². The predicted molar refractivity (Wildman–Crippen MR) is 56.3 cm³/mol. The zero-order chi connectivity index (χ0) is 10.0. The first-order valence-electron chi connectivity index (χ1n) is 5.05. The second-order valence-electron chi connectivity index (χ2n) is 4.11. The summed E-state index contributed by atoms with van der Waals surface area (Å²) < 4.78 is 0. The number of aliphatic hydroxyl groups is 1. The van der Waals surface area contributed by atoms with Crippen LogP contribution in [0.4, 0.5) is 5.69 Å². The number of anilines is 1. The van der Waals surface area contributed by atoms with E-state index in [0.717, 1.165) is 24.1 Å². The van der Waals surface area contributed by atoms with Gasteiger partial charge < -0.3 is 10.4 Å². The van der Waals surface area contributed by atoms with Crippen LogP contribution < -0.4 is 5.32 Å². The molecule has 14 heavy (non-hydrogen) atoms. The van der Waals surface area contributed by atoms with Crippen molar-refractivity contribution in [3.63, 3.8) is 0 Å². The summed E-state index contributed by atoms with van der Waals surface area (Å²) in [7, 11) is 0. The molecule has 1 aromatic heterocycles. The summed E-state index contributed by atoms with van der Waals surface area (Å²) in [4.78, 5) is 4.04. The van der Waals surface area contributed by atoms with Crippen LogP contribution in [0.2, 0.25) is 0 Å². The minimum atomic E-state index is -0.0634. The Hall–Kier alpha value is -1.09. The van der Waals surface area contributed by atoms with E-state index in [9.17, 15) is 5.11 Å². The maximum Gasteiger partial charge on any atom is 0.0661 e. The Balaban J connectivity index is 2.13. The van der Waals surface area contributed by atoms with Gasteiger partial charge in [-0.3, -0.25) is 4.98 Å². The van der Waals surface area contributed by atoms with Gasteiger partial charge in [0.2, 0.25) is 0 Å². The Bertz CT molecular complexity index is 315. The van der Waals surface area contributed by atoms with Gasteiger partial charge >= 0.3 is 0 Å². The zero-order valence-corrected chi connectivity index (χ0v) is 8.45. The molecule has 76 valence electrons. The van der Waals surface area contributed by atoms with E-state index < -0.39 is 0 Å². The first-order valence-corrected chi connectivity index (χ1v) is 5.05. The van der Waals surface area contributed by atoms with Gasteiger partial charge in [-0.25, -0.2) is 0 Å². The molecule has 0 saturated heterocycles. The fourth-order valence-electron chi connectivity index (χ4n) is 1.83. The number of aromatic nitrogens is 1. The van der Waals surface area contributed by atoms with Crippen LogP contribution in [0.5, 0.6) is 0 Å². The highest BCUT2D eigenvalue weighted by molar-refractivity contribution is 5.51. The Kier molecular flexibility index (Phi) is 2.42. The number of hydrogen-bond donors (Lipinski definition) is 2. The van der Waals surface area contributed by atoms with Crippen LogP contribution in [0.15, 0.2) is 18.5 Å². The molecule has 0 bridgehead atoms. The second-order valence-corrected chi connectivity index (χ2v) is 4.11. The van der Waals surface area contributed by atoms with E-state index in [-0.39, 0.29) is 12.1 Å². The van der Waals surface area contributed by atoms with Crippen LogP contribution >= 0.6 is 0 Å². The average Bonchev–Trinajstić information content (AvgIpc) is 2.14. The van der Waals surface area contributed by atoms with Crippen LogP contribution in [0.3, 0.4) is 0 Å². The summed E-state index contributed by atoms with van der Waals surface area (Å²) in [5, 5.41) is 12.7. The predicted octanol–water partition coefficient (Wildman–Crippen LogP) is 1.72. The van der Waals surface area contributed by atoms with Crippen molar-refractivity contribution < 1.29 is 5.11 Å². The molecule has 3 nitrogen and oxygen atoms in total. The Labute approximate surface area is 84.2 Å². The molecular weight excluding hydrogens is 176 g/mol. The minimum absolute atomic E-state index is 0.0634. The lowest BCUT2D eigenvalue weighted by Crippen LogP contribution is -2.48. The van der Waals surface area contributed by atoms with Gasteiger partial charge in [0.15, 0.2) is 0 Å². The molecule has 0 amide bonds. The van der Waals surface area contributed by atoms with Crippen molar-refractivity contribution in [1.29, 1.82) is 0 Å². The molecular formula is C11H16N2O. The van der Waals surface area contributed by atoms with Crippen LogP contribution in [-0.4, -0.2) is 22.2 Å². The van der Waals surface area contributed by atoms with Crippen LogP contribution in [0.25, 0.3) is 0 Å². The summed E-state index contributed by atoms with van der Waals surface area (Å²) in [6, 6.07) is 1.96. The SMILES string of the molecule is Cc1cnccc1NC1(CO)CCC1. The Morgan fingerprint density at radius 3 is 2.86 bits per heavy atom. The molecule has 1 fully saturated rings. The van der Waals surface area contributed by atoms with Gasteiger partial charge in [-0.2, -0.15) is 0 Å². The quantitative estimate of drug-likeness (QED) is 0.766. The van der Waals surface area contributed by atoms with E-state index in [4.69, 9.17) is 0 Å². The molecule has 2 rings (SSSR count). The van der Waals surface area contributed by atoms with E-state index in [0.29, 0.717) is 0 Å². The Morgan fingerprint density at radius 1 is 1.57 bits per heavy atom. The topological polar surface area (TPSA) is 45.2 Å². The fraction of sp³-hybridized carbons (Fsp3) is 0.545. The monoisotopic (exact) mass is 192 g/mol. The maximum atomic E-state index is 9.31. The number of aryl methyl sites for hydroxylation is 1. The summed E-state index contributed by atoms with van der Waals surface area (Å²) in [6.45, 7) is 2.24. The maximum absolute atomic E-state index is 9.31. The molecule has 1 heterocycles. The average molecular weight is 192 g/mol. The van der Waals surface area contributed by atoms with Crippen molar-refractivity contribution in [2.24, 2.45) is 0 Å². The van der Waals surface area contributed by atoms with Crippen molar-refractivity contribution in [2.45, 2.75) is 31.7 Å². The van der Waals surface area contributed by atoms with Gasteiger partial charge in [-0.15, -0.1) is 0 Å². The second kappa shape index (κ2) is 3.58. The van der Waals surface area contributed by atoms with Crippen LogP contribution in [0.1, 0.15) is 24.8 Å². The first-order chi connectivity index (χ1) is 6.76. The first kappa shape index (κ1) is 9.46. The van der Waals surface area contributed by atoms with Crippen LogP contribution in [-0.2, 0) is 0 Å². The number of pyridine rings is 1. The van der Waals surface area contributed by atoms with E-state index in [2.05, 4.69) is 10.3 Å². The fourth-order valence-corrected chi connectivity index (χ4v) is 1.83. The molecule has 0 aromatic carbocycles. The van der Waals surface area contributed by atoms with E-state index >= 15 is 0 Å². The van der Waals surface area contributed by atoms with Crippen molar-refractivity contribution in [3.05, 3.63) is 24.0 Å². The van der Waals surface area contributed by atoms with Crippen molar-refractivity contribution >= 4 is 5.69 Å². The smallest absolute Gasteiger partial charge is 0.0661 e.